The monoisotopic (exact) mass is 336 g/mol. The number of aryl methyl sites for hydroxylation is 1. The number of thiophene rings is 1. The standard InChI is InChI=1S/C14H16N4O2S2/c1-18-13-5-3-2-4-11(13)12(17-18)9-16-8-10-6-7-14(21-10)22(15,19)20/h2-7,16H,8-9H2,1H3,(H2,15,19,20). The lowest BCUT2D eigenvalue weighted by molar-refractivity contribution is 0.600. The van der Waals surface area contributed by atoms with Gasteiger partial charge in [0.05, 0.1) is 11.2 Å². The van der Waals surface area contributed by atoms with Crippen molar-refractivity contribution in [2.24, 2.45) is 12.2 Å². The fourth-order valence-corrected chi connectivity index (χ4v) is 4.08. The largest absolute Gasteiger partial charge is 0.306 e. The van der Waals surface area contributed by atoms with Crippen LogP contribution in [0, 0.1) is 0 Å². The molecular weight excluding hydrogens is 320 g/mol. The Morgan fingerprint density at radius 2 is 2.00 bits per heavy atom. The fourth-order valence-electron chi connectivity index (χ4n) is 2.33. The summed E-state index contributed by atoms with van der Waals surface area (Å²) in [7, 11) is -1.69. The van der Waals surface area contributed by atoms with E-state index < -0.39 is 10.0 Å². The van der Waals surface area contributed by atoms with E-state index in [-0.39, 0.29) is 4.21 Å². The van der Waals surface area contributed by atoms with Crippen molar-refractivity contribution in [3.63, 3.8) is 0 Å². The molecule has 2 aromatic heterocycles. The summed E-state index contributed by atoms with van der Waals surface area (Å²) in [5, 5.41) is 14.0. The second-order valence-electron chi connectivity index (χ2n) is 4.96. The Balaban J connectivity index is 1.69. The Kier molecular flexibility index (Phi) is 4.00. The molecule has 0 saturated carbocycles. The minimum atomic E-state index is -3.61. The van der Waals surface area contributed by atoms with Crippen molar-refractivity contribution in [2.45, 2.75) is 17.3 Å². The molecule has 3 rings (SSSR count). The lowest BCUT2D eigenvalue weighted by Gasteiger charge is -2.00. The average Bonchev–Trinajstić information content (AvgIpc) is 3.05. The molecular formula is C14H16N4O2S2. The molecule has 0 radical (unpaired) electrons. The Labute approximate surface area is 132 Å². The van der Waals surface area contributed by atoms with Gasteiger partial charge < -0.3 is 5.32 Å². The minimum Gasteiger partial charge on any atom is -0.306 e. The molecule has 0 unspecified atom stereocenters. The molecule has 0 amide bonds. The van der Waals surface area contributed by atoms with Gasteiger partial charge in [0.2, 0.25) is 10.0 Å². The highest BCUT2D eigenvalue weighted by Crippen LogP contribution is 2.21. The molecule has 3 aromatic rings. The maximum Gasteiger partial charge on any atom is 0.247 e. The van der Waals surface area contributed by atoms with Crippen molar-refractivity contribution in [2.75, 3.05) is 0 Å². The number of benzene rings is 1. The van der Waals surface area contributed by atoms with Gasteiger partial charge in [-0.05, 0) is 18.2 Å². The van der Waals surface area contributed by atoms with Crippen LogP contribution in [-0.4, -0.2) is 18.2 Å². The van der Waals surface area contributed by atoms with Crippen LogP contribution in [0.5, 0.6) is 0 Å². The van der Waals surface area contributed by atoms with E-state index in [0.29, 0.717) is 13.1 Å². The number of hydrogen-bond acceptors (Lipinski definition) is 5. The number of primary sulfonamides is 1. The zero-order valence-corrected chi connectivity index (χ0v) is 13.6. The van der Waals surface area contributed by atoms with Crippen molar-refractivity contribution < 1.29 is 8.42 Å². The van der Waals surface area contributed by atoms with Gasteiger partial charge in [0.15, 0.2) is 0 Å². The average molecular weight is 336 g/mol. The maximum absolute atomic E-state index is 11.2. The molecule has 8 heteroatoms. The predicted molar refractivity (Wildman–Crippen MR) is 86.9 cm³/mol. The van der Waals surface area contributed by atoms with Crippen LogP contribution >= 0.6 is 11.3 Å². The quantitative estimate of drug-likeness (QED) is 0.740. The number of rotatable bonds is 5. The molecule has 0 fully saturated rings. The molecule has 0 aliphatic rings. The van der Waals surface area contributed by atoms with E-state index in [1.807, 2.05) is 36.0 Å². The zero-order valence-electron chi connectivity index (χ0n) is 12.0. The molecule has 0 aliphatic heterocycles. The molecule has 0 saturated heterocycles. The summed E-state index contributed by atoms with van der Waals surface area (Å²) in [6, 6.07) is 11.4. The topological polar surface area (TPSA) is 90.0 Å². The van der Waals surface area contributed by atoms with Crippen LogP contribution in [0.1, 0.15) is 10.6 Å². The third kappa shape index (κ3) is 3.05. The van der Waals surface area contributed by atoms with E-state index in [9.17, 15) is 8.42 Å². The highest BCUT2D eigenvalue weighted by molar-refractivity contribution is 7.91. The molecule has 6 nitrogen and oxygen atoms in total. The van der Waals surface area contributed by atoms with Crippen LogP contribution in [0.25, 0.3) is 10.9 Å². The zero-order chi connectivity index (χ0) is 15.7. The number of nitrogens with two attached hydrogens (primary N) is 1. The lowest BCUT2D eigenvalue weighted by Crippen LogP contribution is -2.12. The van der Waals surface area contributed by atoms with Crippen LogP contribution in [-0.2, 0) is 30.2 Å². The number of nitrogens with one attached hydrogen (secondary N) is 1. The molecule has 3 N–H and O–H groups in total. The first-order valence-electron chi connectivity index (χ1n) is 6.68. The molecule has 0 spiro atoms. The normalized spacial score (nSPS) is 12.1. The first-order valence-corrected chi connectivity index (χ1v) is 9.04. The van der Waals surface area contributed by atoms with E-state index in [4.69, 9.17) is 5.14 Å². The summed E-state index contributed by atoms with van der Waals surface area (Å²) in [4.78, 5) is 0.921. The first kappa shape index (κ1) is 15.2. The highest BCUT2D eigenvalue weighted by atomic mass is 32.2. The van der Waals surface area contributed by atoms with Crippen LogP contribution in [0.3, 0.4) is 0 Å². The number of aromatic nitrogens is 2. The minimum absolute atomic E-state index is 0.188. The van der Waals surface area contributed by atoms with E-state index in [1.54, 1.807) is 6.07 Å². The second kappa shape index (κ2) is 5.81. The molecule has 0 atom stereocenters. The van der Waals surface area contributed by atoms with Crippen LogP contribution in [0.4, 0.5) is 0 Å². The Bertz CT molecular complexity index is 912. The van der Waals surface area contributed by atoms with Crippen LogP contribution < -0.4 is 10.5 Å². The van der Waals surface area contributed by atoms with Crippen LogP contribution in [0.15, 0.2) is 40.6 Å². The van der Waals surface area contributed by atoms with E-state index in [2.05, 4.69) is 10.4 Å². The predicted octanol–water partition coefficient (Wildman–Crippen LogP) is 1.57. The molecule has 0 aliphatic carbocycles. The molecule has 0 bridgehead atoms. The Hall–Kier alpha value is -1.74. The third-order valence-corrected chi connectivity index (χ3v) is 5.87. The summed E-state index contributed by atoms with van der Waals surface area (Å²) in [6.07, 6.45) is 0. The lowest BCUT2D eigenvalue weighted by atomic mass is 10.2. The molecule has 116 valence electrons. The van der Waals surface area contributed by atoms with Crippen molar-refractivity contribution in [1.29, 1.82) is 0 Å². The summed E-state index contributed by atoms with van der Waals surface area (Å²) in [5.74, 6) is 0. The highest BCUT2D eigenvalue weighted by Gasteiger charge is 2.11. The third-order valence-electron chi connectivity index (χ3n) is 3.34. The molecule has 2 heterocycles. The number of sulfonamides is 1. The SMILES string of the molecule is Cn1nc(CNCc2ccc(S(N)(=O)=O)s2)c2ccccc21. The van der Waals surface area contributed by atoms with Crippen molar-refractivity contribution in [3.8, 4) is 0 Å². The molecule has 1 aromatic carbocycles. The number of para-hydroxylation sites is 1. The smallest absolute Gasteiger partial charge is 0.247 e. The van der Waals surface area contributed by atoms with Crippen molar-refractivity contribution in [1.82, 2.24) is 15.1 Å². The number of hydrogen-bond donors (Lipinski definition) is 2. The second-order valence-corrected chi connectivity index (χ2v) is 7.91. The van der Waals surface area contributed by atoms with E-state index in [0.717, 1.165) is 21.5 Å². The van der Waals surface area contributed by atoms with Gasteiger partial charge in [-0.15, -0.1) is 11.3 Å². The number of fused-ring (bicyclic) bond motifs is 1. The van der Waals surface area contributed by atoms with E-state index >= 15 is 0 Å². The Morgan fingerprint density at radius 1 is 1.23 bits per heavy atom. The van der Waals surface area contributed by atoms with Gasteiger partial charge in [-0.3, -0.25) is 4.68 Å². The van der Waals surface area contributed by atoms with Gasteiger partial charge in [-0.1, -0.05) is 18.2 Å². The maximum atomic E-state index is 11.2. The van der Waals surface area contributed by atoms with Gasteiger partial charge in [0, 0.05) is 30.4 Å². The van der Waals surface area contributed by atoms with Crippen LogP contribution in [0.2, 0.25) is 0 Å². The summed E-state index contributed by atoms with van der Waals surface area (Å²) >= 11 is 1.18. The van der Waals surface area contributed by atoms with Crippen molar-refractivity contribution >= 4 is 32.3 Å². The summed E-state index contributed by atoms with van der Waals surface area (Å²) in [5.41, 5.74) is 2.06. The number of nitrogens with zero attached hydrogens (tertiary/aromatic N) is 2. The van der Waals surface area contributed by atoms with Gasteiger partial charge in [-0.2, -0.15) is 5.10 Å². The van der Waals surface area contributed by atoms with E-state index in [1.165, 1.54) is 17.4 Å². The summed E-state index contributed by atoms with van der Waals surface area (Å²) in [6.45, 7) is 1.19. The van der Waals surface area contributed by atoms with Gasteiger partial charge in [0.25, 0.3) is 0 Å². The molecule has 22 heavy (non-hydrogen) atoms. The Morgan fingerprint density at radius 3 is 2.73 bits per heavy atom. The fraction of sp³-hybridized carbons (Fsp3) is 0.214. The van der Waals surface area contributed by atoms with Gasteiger partial charge >= 0.3 is 0 Å². The van der Waals surface area contributed by atoms with Gasteiger partial charge in [0.1, 0.15) is 4.21 Å². The van der Waals surface area contributed by atoms with Crippen molar-refractivity contribution in [3.05, 3.63) is 47.0 Å². The summed E-state index contributed by atoms with van der Waals surface area (Å²) < 4.78 is 24.5. The van der Waals surface area contributed by atoms with Gasteiger partial charge in [-0.25, -0.2) is 13.6 Å². The first-order chi connectivity index (χ1) is 10.4.